The first-order chi connectivity index (χ1) is 5.42. The number of ether oxygens (including phenoxy) is 1. The highest BCUT2D eigenvalue weighted by Crippen LogP contribution is 2.27. The molecule has 1 aromatic rings. The zero-order valence-electron chi connectivity index (χ0n) is 6.76. The van der Waals surface area contributed by atoms with Gasteiger partial charge in [0.2, 0.25) is 0 Å². The van der Waals surface area contributed by atoms with E-state index in [1.807, 2.05) is 0 Å². The molecular formula is C10H12O. The number of rotatable bonds is 1. The van der Waals surface area contributed by atoms with Crippen LogP contribution in [-0.2, 0) is 12.8 Å². The minimum Gasteiger partial charge on any atom is -0.493 e. The van der Waals surface area contributed by atoms with Crippen molar-refractivity contribution in [3.05, 3.63) is 29.3 Å². The molecule has 0 bridgehead atoms. The molecule has 0 fully saturated rings. The van der Waals surface area contributed by atoms with E-state index in [2.05, 4.69) is 25.1 Å². The van der Waals surface area contributed by atoms with Crippen molar-refractivity contribution >= 4 is 0 Å². The van der Waals surface area contributed by atoms with Crippen molar-refractivity contribution in [2.75, 3.05) is 6.61 Å². The van der Waals surface area contributed by atoms with Crippen molar-refractivity contribution in [3.8, 4) is 5.75 Å². The lowest BCUT2D eigenvalue weighted by Crippen LogP contribution is -1.88. The summed E-state index contributed by atoms with van der Waals surface area (Å²) in [7, 11) is 0. The summed E-state index contributed by atoms with van der Waals surface area (Å²) in [6.45, 7) is 3.06. The Kier molecular flexibility index (Phi) is 1.57. The fraction of sp³-hybridized carbons (Fsp3) is 0.400. The summed E-state index contributed by atoms with van der Waals surface area (Å²) >= 11 is 0. The van der Waals surface area contributed by atoms with E-state index in [0.717, 1.165) is 25.2 Å². The first kappa shape index (κ1) is 6.71. The van der Waals surface area contributed by atoms with Crippen LogP contribution in [0.15, 0.2) is 18.2 Å². The smallest absolute Gasteiger partial charge is 0.122 e. The van der Waals surface area contributed by atoms with Crippen LogP contribution in [-0.4, -0.2) is 6.61 Å². The minimum absolute atomic E-state index is 0.867. The van der Waals surface area contributed by atoms with Crippen molar-refractivity contribution in [1.29, 1.82) is 0 Å². The van der Waals surface area contributed by atoms with Crippen LogP contribution in [0.2, 0.25) is 0 Å². The van der Waals surface area contributed by atoms with Crippen molar-refractivity contribution in [2.45, 2.75) is 19.8 Å². The molecular weight excluding hydrogens is 136 g/mol. The topological polar surface area (TPSA) is 9.23 Å². The molecule has 0 amide bonds. The molecule has 0 aromatic heterocycles. The van der Waals surface area contributed by atoms with Gasteiger partial charge in [0.1, 0.15) is 5.75 Å². The Morgan fingerprint density at radius 3 is 3.18 bits per heavy atom. The Hall–Kier alpha value is -0.980. The third-order valence-corrected chi connectivity index (χ3v) is 2.22. The van der Waals surface area contributed by atoms with Crippen LogP contribution in [0.3, 0.4) is 0 Å². The zero-order valence-corrected chi connectivity index (χ0v) is 6.76. The lowest BCUT2D eigenvalue weighted by Gasteiger charge is -2.02. The van der Waals surface area contributed by atoms with E-state index in [1.165, 1.54) is 11.1 Å². The van der Waals surface area contributed by atoms with Crippen LogP contribution in [0, 0.1) is 0 Å². The molecule has 1 heterocycles. The van der Waals surface area contributed by atoms with Gasteiger partial charge in [-0.25, -0.2) is 0 Å². The van der Waals surface area contributed by atoms with Crippen LogP contribution in [0.25, 0.3) is 0 Å². The van der Waals surface area contributed by atoms with Crippen LogP contribution < -0.4 is 4.74 Å². The average Bonchev–Trinajstić information content (AvgIpc) is 2.50. The van der Waals surface area contributed by atoms with Gasteiger partial charge in [-0.2, -0.15) is 0 Å². The average molecular weight is 148 g/mol. The van der Waals surface area contributed by atoms with Crippen molar-refractivity contribution < 1.29 is 4.74 Å². The normalized spacial score (nSPS) is 14.3. The van der Waals surface area contributed by atoms with Crippen LogP contribution in [0.1, 0.15) is 18.1 Å². The number of benzene rings is 1. The maximum absolute atomic E-state index is 5.44. The predicted octanol–water partition coefficient (Wildman–Crippen LogP) is 2.18. The Bertz CT molecular complexity index is 266. The molecule has 1 heteroatoms. The number of hydrogen-bond donors (Lipinski definition) is 0. The van der Waals surface area contributed by atoms with Gasteiger partial charge in [-0.05, 0) is 18.1 Å². The first-order valence-electron chi connectivity index (χ1n) is 4.15. The second-order valence-corrected chi connectivity index (χ2v) is 2.85. The highest BCUT2D eigenvalue weighted by Gasteiger charge is 2.13. The van der Waals surface area contributed by atoms with Gasteiger partial charge in [0.25, 0.3) is 0 Å². The summed E-state index contributed by atoms with van der Waals surface area (Å²) in [5, 5.41) is 0. The number of fused-ring (bicyclic) bond motifs is 1. The quantitative estimate of drug-likeness (QED) is 0.593. The largest absolute Gasteiger partial charge is 0.493 e. The summed E-state index contributed by atoms with van der Waals surface area (Å²) in [6.07, 6.45) is 2.21. The van der Waals surface area contributed by atoms with E-state index in [0.29, 0.717) is 0 Å². The molecule has 1 aromatic carbocycles. The fourth-order valence-corrected chi connectivity index (χ4v) is 1.62. The van der Waals surface area contributed by atoms with E-state index >= 15 is 0 Å². The Balaban J connectivity index is 2.50. The van der Waals surface area contributed by atoms with Crippen LogP contribution in [0.5, 0.6) is 5.75 Å². The molecule has 0 unspecified atom stereocenters. The van der Waals surface area contributed by atoms with Gasteiger partial charge in [-0.1, -0.05) is 19.1 Å². The maximum atomic E-state index is 5.44. The van der Waals surface area contributed by atoms with Crippen LogP contribution >= 0.6 is 0 Å². The van der Waals surface area contributed by atoms with Gasteiger partial charge < -0.3 is 4.74 Å². The number of hydrogen-bond acceptors (Lipinski definition) is 1. The van der Waals surface area contributed by atoms with Gasteiger partial charge in [0.15, 0.2) is 0 Å². The minimum atomic E-state index is 0.867. The molecule has 0 saturated heterocycles. The Morgan fingerprint density at radius 2 is 2.36 bits per heavy atom. The maximum Gasteiger partial charge on any atom is 0.122 e. The Labute approximate surface area is 67.0 Å². The summed E-state index contributed by atoms with van der Waals surface area (Å²) in [4.78, 5) is 0. The zero-order chi connectivity index (χ0) is 7.68. The lowest BCUT2D eigenvalue weighted by atomic mass is 10.0. The second-order valence-electron chi connectivity index (χ2n) is 2.85. The van der Waals surface area contributed by atoms with Crippen molar-refractivity contribution in [2.24, 2.45) is 0 Å². The molecule has 0 N–H and O–H groups in total. The molecule has 1 nitrogen and oxygen atoms in total. The van der Waals surface area contributed by atoms with Crippen LogP contribution in [0.4, 0.5) is 0 Å². The summed E-state index contributed by atoms with van der Waals surface area (Å²) in [6, 6.07) is 6.32. The lowest BCUT2D eigenvalue weighted by molar-refractivity contribution is 0.357. The van der Waals surface area contributed by atoms with Gasteiger partial charge >= 0.3 is 0 Å². The second kappa shape index (κ2) is 2.57. The molecule has 0 atom stereocenters. The molecule has 1 aliphatic heterocycles. The summed E-state index contributed by atoms with van der Waals surface area (Å²) < 4.78 is 5.44. The van der Waals surface area contributed by atoms with Crippen molar-refractivity contribution in [3.63, 3.8) is 0 Å². The fourth-order valence-electron chi connectivity index (χ4n) is 1.62. The molecule has 0 aliphatic carbocycles. The molecule has 11 heavy (non-hydrogen) atoms. The third-order valence-electron chi connectivity index (χ3n) is 2.22. The van der Waals surface area contributed by atoms with Gasteiger partial charge in [-0.15, -0.1) is 0 Å². The summed E-state index contributed by atoms with van der Waals surface area (Å²) in [5.74, 6) is 1.10. The SMILES string of the molecule is CCc1cccc2c1CCO2. The highest BCUT2D eigenvalue weighted by molar-refractivity contribution is 5.42. The number of aryl methyl sites for hydroxylation is 1. The highest BCUT2D eigenvalue weighted by atomic mass is 16.5. The van der Waals surface area contributed by atoms with E-state index < -0.39 is 0 Å². The molecule has 0 saturated carbocycles. The van der Waals surface area contributed by atoms with E-state index in [4.69, 9.17) is 4.74 Å². The molecule has 0 spiro atoms. The van der Waals surface area contributed by atoms with Gasteiger partial charge in [-0.3, -0.25) is 0 Å². The molecule has 0 radical (unpaired) electrons. The molecule has 1 aliphatic rings. The van der Waals surface area contributed by atoms with Gasteiger partial charge in [0.05, 0.1) is 6.61 Å². The first-order valence-corrected chi connectivity index (χ1v) is 4.15. The van der Waals surface area contributed by atoms with E-state index in [-0.39, 0.29) is 0 Å². The van der Waals surface area contributed by atoms with Crippen molar-refractivity contribution in [1.82, 2.24) is 0 Å². The standard InChI is InChI=1S/C10H12O/c1-2-8-4-3-5-10-9(8)6-7-11-10/h3-5H,2,6-7H2,1H3. The van der Waals surface area contributed by atoms with E-state index in [1.54, 1.807) is 0 Å². The summed E-state index contributed by atoms with van der Waals surface area (Å²) in [5.41, 5.74) is 2.87. The van der Waals surface area contributed by atoms with E-state index in [9.17, 15) is 0 Å². The monoisotopic (exact) mass is 148 g/mol. The third kappa shape index (κ3) is 1.01. The molecule has 2 rings (SSSR count). The Morgan fingerprint density at radius 1 is 1.45 bits per heavy atom. The van der Waals surface area contributed by atoms with Gasteiger partial charge in [0, 0.05) is 12.0 Å². The molecule has 58 valence electrons. The predicted molar refractivity (Wildman–Crippen MR) is 45.0 cm³/mol.